The number of fused-ring (bicyclic) bond motifs is 1. The van der Waals surface area contributed by atoms with Crippen LogP contribution in [-0.4, -0.2) is 25.6 Å². The molecule has 2 heteroatoms. The maximum Gasteiger partial charge on any atom is 0.127 e. The molecule has 0 amide bonds. The van der Waals surface area contributed by atoms with E-state index < -0.39 is 0 Å². The topological polar surface area (TPSA) is 12.5 Å². The lowest BCUT2D eigenvalue weighted by atomic mass is 10.0. The van der Waals surface area contributed by atoms with Gasteiger partial charge in [-0.05, 0) is 48.7 Å². The smallest absolute Gasteiger partial charge is 0.127 e. The lowest BCUT2D eigenvalue weighted by Crippen LogP contribution is -2.22. The highest BCUT2D eigenvalue weighted by Crippen LogP contribution is 2.30. The first-order valence-electron chi connectivity index (χ1n) is 11.3. The summed E-state index contributed by atoms with van der Waals surface area (Å²) in [6.07, 6.45) is 6.25. The van der Waals surface area contributed by atoms with Gasteiger partial charge in [0.2, 0.25) is 0 Å². The fourth-order valence-electron chi connectivity index (χ4n) is 4.20. The van der Waals surface area contributed by atoms with Crippen LogP contribution in [0.2, 0.25) is 0 Å². The number of ether oxygens (including phenoxy) is 1. The number of allylic oxidation sites excluding steroid dienone is 1. The summed E-state index contributed by atoms with van der Waals surface area (Å²) in [6.45, 7) is 0.676. The normalized spacial score (nSPS) is 12.5. The van der Waals surface area contributed by atoms with E-state index in [0.717, 1.165) is 18.6 Å². The van der Waals surface area contributed by atoms with Gasteiger partial charge in [0.25, 0.3) is 0 Å². The van der Waals surface area contributed by atoms with E-state index in [2.05, 4.69) is 122 Å². The number of hydrogen-bond donors (Lipinski definition) is 0. The van der Waals surface area contributed by atoms with E-state index in [1.807, 2.05) is 6.07 Å². The molecule has 0 spiro atoms. The van der Waals surface area contributed by atoms with Crippen LogP contribution < -0.4 is 4.74 Å². The third-order valence-corrected chi connectivity index (χ3v) is 5.88. The van der Waals surface area contributed by atoms with E-state index in [9.17, 15) is 0 Å². The third-order valence-electron chi connectivity index (χ3n) is 5.88. The monoisotopic (exact) mass is 421 g/mol. The first kappa shape index (κ1) is 21.9. The van der Waals surface area contributed by atoms with Crippen molar-refractivity contribution in [3.05, 3.63) is 120 Å². The molecule has 0 saturated carbocycles. The minimum Gasteiger partial charge on any atom is -0.493 e. The van der Waals surface area contributed by atoms with E-state index in [-0.39, 0.29) is 0 Å². The van der Waals surface area contributed by atoms with Crippen LogP contribution in [0.4, 0.5) is 0 Å². The first-order valence-corrected chi connectivity index (χ1v) is 11.3. The van der Waals surface area contributed by atoms with Crippen molar-refractivity contribution in [2.75, 3.05) is 20.7 Å². The highest BCUT2D eigenvalue weighted by Gasteiger charge is 2.14. The predicted molar refractivity (Wildman–Crippen MR) is 136 cm³/mol. The summed E-state index contributed by atoms with van der Waals surface area (Å²) >= 11 is 0. The molecule has 4 aromatic rings. The molecule has 0 bridgehead atoms. The molecule has 0 fully saturated rings. The molecule has 2 nitrogen and oxygen atoms in total. The first-order chi connectivity index (χ1) is 15.7. The fraction of sp³-hybridized carbons (Fsp3) is 0.200. The summed E-state index contributed by atoms with van der Waals surface area (Å²) in [5.74, 6) is 0.960. The zero-order chi connectivity index (χ0) is 22.2. The number of rotatable bonds is 9. The van der Waals surface area contributed by atoms with Crippen molar-refractivity contribution in [2.24, 2.45) is 0 Å². The van der Waals surface area contributed by atoms with Crippen LogP contribution in [0.5, 0.6) is 5.75 Å². The maximum atomic E-state index is 6.31. The number of nitrogens with zero attached hydrogens (tertiary/aromatic N) is 1. The Balaban J connectivity index is 1.47. The second kappa shape index (κ2) is 10.8. The molecule has 0 aliphatic rings. The molecular weight excluding hydrogens is 390 g/mol. The zero-order valence-corrected chi connectivity index (χ0v) is 18.9. The molecule has 0 aliphatic heterocycles. The average Bonchev–Trinajstić information content (AvgIpc) is 2.83. The van der Waals surface area contributed by atoms with Gasteiger partial charge in [0.1, 0.15) is 5.75 Å². The van der Waals surface area contributed by atoms with Crippen LogP contribution in [-0.2, 0) is 6.42 Å². The Kier molecular flexibility index (Phi) is 7.37. The van der Waals surface area contributed by atoms with Crippen LogP contribution in [0.25, 0.3) is 16.8 Å². The van der Waals surface area contributed by atoms with Crippen LogP contribution >= 0.6 is 0 Å². The molecule has 1 atom stereocenters. The fourth-order valence-corrected chi connectivity index (χ4v) is 4.20. The molecular formula is C30H31NO. The van der Waals surface area contributed by atoms with E-state index in [0.29, 0.717) is 12.6 Å². The van der Waals surface area contributed by atoms with Crippen molar-refractivity contribution in [3.8, 4) is 5.75 Å². The molecule has 0 aliphatic carbocycles. The van der Waals surface area contributed by atoms with Crippen molar-refractivity contribution in [3.63, 3.8) is 0 Å². The average molecular weight is 422 g/mol. The van der Waals surface area contributed by atoms with E-state index in [4.69, 9.17) is 4.74 Å². The Morgan fingerprint density at radius 2 is 1.41 bits per heavy atom. The van der Waals surface area contributed by atoms with E-state index in [1.54, 1.807) is 0 Å². The minimum absolute atomic E-state index is 0.338. The second-order valence-corrected chi connectivity index (χ2v) is 8.31. The summed E-state index contributed by atoms with van der Waals surface area (Å²) in [6, 6.07) is 34.3. The maximum absolute atomic E-state index is 6.31. The third kappa shape index (κ3) is 5.46. The second-order valence-electron chi connectivity index (χ2n) is 8.31. The molecule has 0 radical (unpaired) electrons. The van der Waals surface area contributed by atoms with Crippen molar-refractivity contribution < 1.29 is 4.74 Å². The van der Waals surface area contributed by atoms with Gasteiger partial charge in [0.05, 0.1) is 6.61 Å². The van der Waals surface area contributed by atoms with Gasteiger partial charge in [0.15, 0.2) is 0 Å². The van der Waals surface area contributed by atoms with Gasteiger partial charge in [-0.15, -0.1) is 0 Å². The molecule has 0 saturated heterocycles. The largest absolute Gasteiger partial charge is 0.493 e. The van der Waals surface area contributed by atoms with E-state index in [1.165, 1.54) is 27.5 Å². The minimum atomic E-state index is 0.338. The van der Waals surface area contributed by atoms with Gasteiger partial charge in [-0.25, -0.2) is 0 Å². The molecule has 162 valence electrons. The summed E-state index contributed by atoms with van der Waals surface area (Å²) in [5, 5.41) is 2.44. The molecule has 0 N–H and O–H groups in total. The molecule has 1 unspecified atom stereocenters. The van der Waals surface area contributed by atoms with Gasteiger partial charge in [-0.3, -0.25) is 0 Å². The Morgan fingerprint density at radius 3 is 2.12 bits per heavy atom. The van der Waals surface area contributed by atoms with Crippen molar-refractivity contribution in [1.29, 1.82) is 0 Å². The standard InChI is InChI=1S/C30H31NO/c1-31(2)29(26-15-7-4-8-16-26)22-23-32-30-21-20-25(27-18-9-10-19-28(27)30)17-11-14-24-12-5-3-6-13-24/h3-16,18-21,29H,17,22-23H2,1-2H3. The molecule has 0 aromatic heterocycles. The Bertz CT molecular complexity index is 1150. The Hall–Kier alpha value is -3.36. The highest BCUT2D eigenvalue weighted by molar-refractivity contribution is 5.91. The van der Waals surface area contributed by atoms with Gasteiger partial charge in [0, 0.05) is 17.8 Å². The summed E-state index contributed by atoms with van der Waals surface area (Å²) < 4.78 is 6.31. The SMILES string of the molecule is CN(C)C(CCOc1ccc(CC=Cc2ccccc2)c2ccccc12)c1ccccc1. The lowest BCUT2D eigenvalue weighted by molar-refractivity contribution is 0.225. The number of benzene rings is 4. The van der Waals surface area contributed by atoms with Crippen LogP contribution in [0.1, 0.15) is 29.2 Å². The van der Waals surface area contributed by atoms with Crippen LogP contribution in [0, 0.1) is 0 Å². The van der Waals surface area contributed by atoms with Crippen LogP contribution in [0.3, 0.4) is 0 Å². The summed E-state index contributed by atoms with van der Waals surface area (Å²) in [5.41, 5.74) is 3.87. The quantitative estimate of drug-likeness (QED) is 0.284. The summed E-state index contributed by atoms with van der Waals surface area (Å²) in [7, 11) is 4.26. The summed E-state index contributed by atoms with van der Waals surface area (Å²) in [4.78, 5) is 2.26. The Labute approximate surface area is 191 Å². The van der Waals surface area contributed by atoms with Gasteiger partial charge in [-0.2, -0.15) is 0 Å². The van der Waals surface area contributed by atoms with Gasteiger partial charge in [-0.1, -0.05) is 103 Å². The highest BCUT2D eigenvalue weighted by atomic mass is 16.5. The van der Waals surface area contributed by atoms with Crippen molar-refractivity contribution in [1.82, 2.24) is 4.90 Å². The molecule has 32 heavy (non-hydrogen) atoms. The molecule has 0 heterocycles. The predicted octanol–water partition coefficient (Wildman–Crippen LogP) is 7.17. The van der Waals surface area contributed by atoms with Crippen molar-refractivity contribution in [2.45, 2.75) is 18.9 Å². The van der Waals surface area contributed by atoms with E-state index >= 15 is 0 Å². The van der Waals surface area contributed by atoms with Crippen molar-refractivity contribution >= 4 is 16.8 Å². The Morgan fingerprint density at radius 1 is 0.750 bits per heavy atom. The van der Waals surface area contributed by atoms with Crippen LogP contribution in [0.15, 0.2) is 103 Å². The van der Waals surface area contributed by atoms with Gasteiger partial charge < -0.3 is 9.64 Å². The molecule has 4 rings (SSSR count). The van der Waals surface area contributed by atoms with Gasteiger partial charge >= 0.3 is 0 Å². The number of hydrogen-bond acceptors (Lipinski definition) is 2. The lowest BCUT2D eigenvalue weighted by Gasteiger charge is -2.25. The zero-order valence-electron chi connectivity index (χ0n) is 18.9. The molecule has 4 aromatic carbocycles.